The first kappa shape index (κ1) is 28.7. The SMILES string of the molecule is CCC(C)(C)NC(=O)C(c1ccc(C(C)C)cc1)N(CCN1CCOCC1)C(=O)Cn1nnc2ccccc21. The van der Waals surface area contributed by atoms with E-state index < -0.39 is 11.6 Å². The van der Waals surface area contributed by atoms with Gasteiger partial charge in [-0.3, -0.25) is 14.5 Å². The molecule has 0 spiro atoms. The summed E-state index contributed by atoms with van der Waals surface area (Å²) in [5, 5.41) is 11.7. The summed E-state index contributed by atoms with van der Waals surface area (Å²) in [6, 6.07) is 14.9. The Hall–Kier alpha value is -3.30. The van der Waals surface area contributed by atoms with Crippen LogP contribution in [0.1, 0.15) is 64.1 Å². The van der Waals surface area contributed by atoms with Crippen LogP contribution in [0.15, 0.2) is 48.5 Å². The number of morpholine rings is 1. The van der Waals surface area contributed by atoms with Crippen LogP contribution in [0.25, 0.3) is 11.0 Å². The van der Waals surface area contributed by atoms with Crippen LogP contribution in [0.4, 0.5) is 0 Å². The summed E-state index contributed by atoms with van der Waals surface area (Å²) < 4.78 is 7.13. The number of rotatable bonds is 11. The number of nitrogens with zero attached hydrogens (tertiary/aromatic N) is 5. The molecule has 1 saturated heterocycles. The van der Waals surface area contributed by atoms with Crippen LogP contribution in [-0.2, 0) is 20.9 Å². The van der Waals surface area contributed by atoms with E-state index in [1.54, 1.807) is 9.58 Å². The molecule has 0 bridgehead atoms. The lowest BCUT2D eigenvalue weighted by Crippen LogP contribution is -2.52. The second-order valence-electron chi connectivity index (χ2n) is 11.2. The zero-order valence-corrected chi connectivity index (χ0v) is 23.9. The fourth-order valence-electron chi connectivity index (χ4n) is 4.75. The number of carbonyl (C=O) groups is 2. The lowest BCUT2D eigenvalue weighted by Gasteiger charge is -2.36. The topological polar surface area (TPSA) is 92.6 Å². The Morgan fingerprint density at radius 1 is 1.05 bits per heavy atom. The molecular formula is C30H42N6O3. The van der Waals surface area contributed by atoms with Crippen molar-refractivity contribution in [2.24, 2.45) is 0 Å². The van der Waals surface area contributed by atoms with Gasteiger partial charge in [-0.15, -0.1) is 5.10 Å². The fourth-order valence-corrected chi connectivity index (χ4v) is 4.75. The molecule has 9 nitrogen and oxygen atoms in total. The predicted molar refractivity (Wildman–Crippen MR) is 152 cm³/mol. The number of amides is 2. The van der Waals surface area contributed by atoms with Gasteiger partial charge >= 0.3 is 0 Å². The third kappa shape index (κ3) is 7.22. The second-order valence-corrected chi connectivity index (χ2v) is 11.2. The van der Waals surface area contributed by atoms with Crippen molar-refractivity contribution in [3.05, 3.63) is 59.7 Å². The van der Waals surface area contributed by atoms with E-state index in [9.17, 15) is 9.59 Å². The number of aromatic nitrogens is 3. The molecule has 1 aliphatic rings. The van der Waals surface area contributed by atoms with Crippen molar-refractivity contribution in [3.8, 4) is 0 Å². The third-order valence-corrected chi connectivity index (χ3v) is 7.61. The quantitative estimate of drug-likeness (QED) is 0.403. The molecule has 210 valence electrons. The first-order valence-electron chi connectivity index (χ1n) is 14.0. The van der Waals surface area contributed by atoms with Gasteiger partial charge in [0.2, 0.25) is 11.8 Å². The van der Waals surface area contributed by atoms with Gasteiger partial charge in [0.15, 0.2) is 0 Å². The Bertz CT molecular complexity index is 1250. The summed E-state index contributed by atoms with van der Waals surface area (Å²) in [5.41, 5.74) is 3.09. The highest BCUT2D eigenvalue weighted by Gasteiger charge is 2.34. The molecule has 2 amide bonds. The van der Waals surface area contributed by atoms with Gasteiger partial charge in [0, 0.05) is 31.7 Å². The van der Waals surface area contributed by atoms with Crippen molar-refractivity contribution >= 4 is 22.8 Å². The number of benzene rings is 2. The molecule has 0 aliphatic carbocycles. The average molecular weight is 535 g/mol. The van der Waals surface area contributed by atoms with Gasteiger partial charge < -0.3 is 15.0 Å². The summed E-state index contributed by atoms with van der Waals surface area (Å²) in [5.74, 6) is 0.00392. The number of ether oxygens (including phenoxy) is 1. The van der Waals surface area contributed by atoms with E-state index in [0.29, 0.717) is 32.2 Å². The maximum absolute atomic E-state index is 14.1. The predicted octanol–water partition coefficient (Wildman–Crippen LogP) is 3.76. The summed E-state index contributed by atoms with van der Waals surface area (Å²) in [6.07, 6.45) is 0.768. The molecule has 1 fully saturated rings. The highest BCUT2D eigenvalue weighted by atomic mass is 16.5. The Kier molecular flexibility index (Phi) is 9.35. The van der Waals surface area contributed by atoms with E-state index in [1.165, 1.54) is 5.56 Å². The van der Waals surface area contributed by atoms with Crippen molar-refractivity contribution in [2.45, 2.75) is 65.1 Å². The van der Waals surface area contributed by atoms with Crippen LogP contribution >= 0.6 is 0 Å². The molecule has 39 heavy (non-hydrogen) atoms. The van der Waals surface area contributed by atoms with E-state index in [0.717, 1.165) is 36.1 Å². The zero-order valence-electron chi connectivity index (χ0n) is 23.9. The van der Waals surface area contributed by atoms with Crippen molar-refractivity contribution in [2.75, 3.05) is 39.4 Å². The van der Waals surface area contributed by atoms with E-state index in [4.69, 9.17) is 4.74 Å². The second kappa shape index (κ2) is 12.7. The van der Waals surface area contributed by atoms with Gasteiger partial charge in [-0.05, 0) is 49.4 Å². The molecule has 3 aromatic rings. The molecule has 4 rings (SSSR count). The van der Waals surface area contributed by atoms with E-state index in [-0.39, 0.29) is 18.4 Å². The zero-order chi connectivity index (χ0) is 28.0. The minimum Gasteiger partial charge on any atom is -0.379 e. The van der Waals surface area contributed by atoms with E-state index >= 15 is 0 Å². The largest absolute Gasteiger partial charge is 0.379 e. The molecule has 1 aliphatic heterocycles. The van der Waals surface area contributed by atoms with Crippen LogP contribution in [0.5, 0.6) is 0 Å². The Balaban J connectivity index is 1.69. The summed E-state index contributed by atoms with van der Waals surface area (Å²) in [6.45, 7) is 14.3. The standard InChI is InChI=1S/C30H42N6O3/c1-6-30(4,5)31-29(38)28(24-13-11-23(12-14-24)22(2)3)35(16-15-34-17-19-39-20-18-34)27(37)21-36-26-10-8-7-9-25(26)32-33-36/h7-14,22,28H,6,15-21H2,1-5H3,(H,31,38). The minimum atomic E-state index is -0.777. The van der Waals surface area contributed by atoms with Gasteiger partial charge in [-0.25, -0.2) is 4.68 Å². The lowest BCUT2D eigenvalue weighted by molar-refractivity contribution is -0.142. The Morgan fingerprint density at radius 3 is 2.38 bits per heavy atom. The van der Waals surface area contributed by atoms with Gasteiger partial charge in [0.25, 0.3) is 0 Å². The fraction of sp³-hybridized carbons (Fsp3) is 0.533. The molecule has 1 aromatic heterocycles. The van der Waals surface area contributed by atoms with Gasteiger partial charge in [-0.1, -0.05) is 62.4 Å². The molecule has 1 N–H and O–H groups in total. The first-order valence-corrected chi connectivity index (χ1v) is 14.0. The summed E-state index contributed by atoms with van der Waals surface area (Å²) in [4.78, 5) is 32.0. The van der Waals surface area contributed by atoms with Gasteiger partial charge in [0.1, 0.15) is 18.1 Å². The lowest BCUT2D eigenvalue weighted by atomic mass is 9.96. The Morgan fingerprint density at radius 2 is 1.72 bits per heavy atom. The molecule has 2 aromatic carbocycles. The highest BCUT2D eigenvalue weighted by Crippen LogP contribution is 2.26. The maximum atomic E-state index is 14.1. The highest BCUT2D eigenvalue weighted by molar-refractivity contribution is 5.89. The summed E-state index contributed by atoms with van der Waals surface area (Å²) >= 11 is 0. The minimum absolute atomic E-state index is 0.00530. The van der Waals surface area contributed by atoms with Crippen LogP contribution in [0.2, 0.25) is 0 Å². The number of carbonyl (C=O) groups excluding carboxylic acids is 2. The Labute approximate surface area is 231 Å². The average Bonchev–Trinajstić information content (AvgIpc) is 3.34. The van der Waals surface area contributed by atoms with Crippen LogP contribution < -0.4 is 5.32 Å². The molecule has 0 saturated carbocycles. The maximum Gasteiger partial charge on any atom is 0.247 e. The monoisotopic (exact) mass is 534 g/mol. The molecular weight excluding hydrogens is 492 g/mol. The number of hydrogen-bond acceptors (Lipinski definition) is 6. The number of nitrogens with one attached hydrogen (secondary N) is 1. The smallest absolute Gasteiger partial charge is 0.247 e. The molecule has 1 unspecified atom stereocenters. The van der Waals surface area contributed by atoms with Crippen LogP contribution in [-0.4, -0.2) is 81.5 Å². The van der Waals surface area contributed by atoms with Crippen molar-refractivity contribution in [1.82, 2.24) is 30.1 Å². The van der Waals surface area contributed by atoms with Gasteiger partial charge in [0.05, 0.1) is 18.7 Å². The van der Waals surface area contributed by atoms with Crippen LogP contribution in [0.3, 0.4) is 0 Å². The van der Waals surface area contributed by atoms with E-state index in [1.807, 2.05) is 57.2 Å². The summed E-state index contributed by atoms with van der Waals surface area (Å²) in [7, 11) is 0. The van der Waals surface area contributed by atoms with Crippen molar-refractivity contribution < 1.29 is 14.3 Å². The molecule has 0 radical (unpaired) electrons. The van der Waals surface area contributed by atoms with Gasteiger partial charge in [-0.2, -0.15) is 0 Å². The van der Waals surface area contributed by atoms with Crippen molar-refractivity contribution in [3.63, 3.8) is 0 Å². The molecule has 9 heteroatoms. The van der Waals surface area contributed by atoms with E-state index in [2.05, 4.69) is 46.5 Å². The number of para-hydroxylation sites is 1. The van der Waals surface area contributed by atoms with Crippen molar-refractivity contribution in [1.29, 1.82) is 0 Å². The molecule has 1 atom stereocenters. The molecule has 2 heterocycles. The number of hydrogen-bond donors (Lipinski definition) is 1. The third-order valence-electron chi connectivity index (χ3n) is 7.61. The van der Waals surface area contributed by atoms with Crippen LogP contribution in [0, 0.1) is 0 Å². The first-order chi connectivity index (χ1) is 18.7. The normalized spacial score (nSPS) is 15.4. The number of fused-ring (bicyclic) bond motifs is 1.